The van der Waals surface area contributed by atoms with Crippen LogP contribution >= 0.6 is 11.6 Å². The van der Waals surface area contributed by atoms with Crippen LogP contribution in [0.4, 0.5) is 10.1 Å². The van der Waals surface area contributed by atoms with Crippen LogP contribution in [0.3, 0.4) is 0 Å². The summed E-state index contributed by atoms with van der Waals surface area (Å²) in [5, 5.41) is 3.36. The second-order valence-electron chi connectivity index (χ2n) is 9.26. The molecular formula is C30H35ClFN3O5S. The number of carbonyl (C=O) groups is 2. The molecule has 1 unspecified atom stereocenters. The summed E-state index contributed by atoms with van der Waals surface area (Å²) in [6.45, 7) is 5.86. The van der Waals surface area contributed by atoms with E-state index in [1.54, 1.807) is 43.3 Å². The third-order valence-electron chi connectivity index (χ3n) is 6.32. The molecule has 0 heterocycles. The zero-order chi connectivity index (χ0) is 30.0. The molecule has 0 bridgehead atoms. The van der Waals surface area contributed by atoms with Crippen LogP contribution in [0.2, 0.25) is 5.02 Å². The van der Waals surface area contributed by atoms with Gasteiger partial charge in [0.25, 0.3) is 10.0 Å². The van der Waals surface area contributed by atoms with Crippen LogP contribution in [0, 0.1) is 5.82 Å². The Morgan fingerprint density at radius 3 is 2.15 bits per heavy atom. The molecule has 41 heavy (non-hydrogen) atoms. The van der Waals surface area contributed by atoms with Gasteiger partial charge in [0.15, 0.2) is 0 Å². The molecule has 0 aliphatic carbocycles. The van der Waals surface area contributed by atoms with E-state index in [0.717, 1.165) is 40.6 Å². The van der Waals surface area contributed by atoms with E-state index in [1.165, 1.54) is 17.0 Å². The summed E-state index contributed by atoms with van der Waals surface area (Å²) in [6, 6.07) is 16.7. The third-order valence-corrected chi connectivity index (χ3v) is 8.36. The van der Waals surface area contributed by atoms with Crippen molar-refractivity contribution in [1.29, 1.82) is 0 Å². The van der Waals surface area contributed by atoms with Crippen LogP contribution in [-0.4, -0.2) is 50.9 Å². The highest BCUT2D eigenvalue weighted by molar-refractivity contribution is 7.92. The summed E-state index contributed by atoms with van der Waals surface area (Å²) >= 11 is 6.04. The Kier molecular flexibility index (Phi) is 11.5. The van der Waals surface area contributed by atoms with E-state index < -0.39 is 34.3 Å². The summed E-state index contributed by atoms with van der Waals surface area (Å²) in [4.78, 5) is 28.3. The number of hydrogen-bond acceptors (Lipinski definition) is 5. The second-order valence-corrected chi connectivity index (χ2v) is 11.6. The molecule has 0 spiro atoms. The van der Waals surface area contributed by atoms with Crippen LogP contribution in [-0.2, 0) is 26.2 Å². The molecule has 0 saturated carbocycles. The van der Waals surface area contributed by atoms with Gasteiger partial charge in [-0.1, -0.05) is 37.6 Å². The van der Waals surface area contributed by atoms with Crippen molar-refractivity contribution < 1.29 is 27.1 Å². The van der Waals surface area contributed by atoms with Crippen molar-refractivity contribution in [2.45, 2.75) is 51.1 Å². The largest absolute Gasteiger partial charge is 0.494 e. The average Bonchev–Trinajstić information content (AvgIpc) is 2.96. The van der Waals surface area contributed by atoms with Crippen molar-refractivity contribution in [2.75, 3.05) is 24.0 Å². The number of hydrogen-bond donors (Lipinski definition) is 1. The van der Waals surface area contributed by atoms with Gasteiger partial charge in [-0.2, -0.15) is 0 Å². The van der Waals surface area contributed by atoms with Crippen molar-refractivity contribution in [3.63, 3.8) is 0 Å². The van der Waals surface area contributed by atoms with Crippen molar-refractivity contribution in [3.8, 4) is 5.75 Å². The number of sulfonamides is 1. The van der Waals surface area contributed by atoms with Gasteiger partial charge in [0, 0.05) is 18.1 Å². The van der Waals surface area contributed by atoms with Crippen LogP contribution < -0.4 is 14.4 Å². The number of ether oxygens (including phenoxy) is 1. The van der Waals surface area contributed by atoms with Gasteiger partial charge >= 0.3 is 0 Å². The molecule has 2 amide bonds. The van der Waals surface area contributed by atoms with Gasteiger partial charge in [-0.05, 0) is 86.0 Å². The summed E-state index contributed by atoms with van der Waals surface area (Å²) in [7, 11) is -4.31. The Balaban J connectivity index is 2.04. The zero-order valence-electron chi connectivity index (χ0n) is 23.3. The Hall–Kier alpha value is -3.63. The topological polar surface area (TPSA) is 96.0 Å². The third kappa shape index (κ3) is 8.43. The lowest BCUT2D eigenvalue weighted by Crippen LogP contribution is -2.52. The molecule has 0 aliphatic heterocycles. The zero-order valence-corrected chi connectivity index (χ0v) is 24.9. The fourth-order valence-electron chi connectivity index (χ4n) is 4.21. The lowest BCUT2D eigenvalue weighted by Gasteiger charge is -2.33. The highest BCUT2D eigenvalue weighted by Gasteiger charge is 2.33. The number of carbonyl (C=O) groups excluding carboxylic acids is 2. The Bertz CT molecular complexity index is 1400. The number of rotatable bonds is 14. The van der Waals surface area contributed by atoms with E-state index in [1.807, 2.05) is 13.8 Å². The van der Waals surface area contributed by atoms with E-state index in [9.17, 15) is 22.4 Å². The molecule has 0 fully saturated rings. The number of nitrogens with one attached hydrogen (secondary N) is 1. The molecule has 0 aromatic heterocycles. The predicted molar refractivity (Wildman–Crippen MR) is 158 cm³/mol. The molecule has 1 atom stereocenters. The van der Waals surface area contributed by atoms with Gasteiger partial charge in [0.2, 0.25) is 11.8 Å². The lowest BCUT2D eigenvalue weighted by atomic mass is 10.1. The Labute approximate surface area is 246 Å². The van der Waals surface area contributed by atoms with Gasteiger partial charge in [-0.3, -0.25) is 13.9 Å². The summed E-state index contributed by atoms with van der Waals surface area (Å²) < 4.78 is 47.7. The highest BCUT2D eigenvalue weighted by Crippen LogP contribution is 2.27. The molecule has 1 N–H and O–H groups in total. The van der Waals surface area contributed by atoms with Gasteiger partial charge in [0.1, 0.15) is 24.2 Å². The first-order valence-corrected chi connectivity index (χ1v) is 15.2. The molecule has 0 aliphatic rings. The first kappa shape index (κ1) is 31.9. The number of amides is 2. The van der Waals surface area contributed by atoms with Gasteiger partial charge in [-0.15, -0.1) is 0 Å². The smallest absolute Gasteiger partial charge is 0.264 e. The SMILES string of the molecule is CCCNC(=O)C(CC)N(Cc1ccc(Cl)cc1)C(=O)CN(c1ccc(OCC)cc1)S(=O)(=O)c1ccc(F)cc1. The van der Waals surface area contributed by atoms with E-state index in [4.69, 9.17) is 16.3 Å². The number of nitrogens with zero attached hydrogens (tertiary/aromatic N) is 2. The maximum absolute atomic E-state index is 14.0. The van der Waals surface area contributed by atoms with E-state index >= 15 is 0 Å². The standard InChI is InChI=1S/C30H35ClFN3O5S/c1-4-19-33-30(37)28(5-2)34(20-22-7-9-23(31)10-8-22)29(36)21-35(25-13-15-26(16-14-25)40-6-3)41(38,39)27-17-11-24(32)12-18-27/h7-18,28H,4-6,19-21H2,1-3H3,(H,33,37). The number of halogens is 2. The van der Waals surface area contributed by atoms with E-state index in [0.29, 0.717) is 30.3 Å². The first-order valence-electron chi connectivity index (χ1n) is 13.4. The van der Waals surface area contributed by atoms with Crippen molar-refractivity contribution >= 4 is 39.1 Å². The number of anilines is 1. The van der Waals surface area contributed by atoms with Gasteiger partial charge in [0.05, 0.1) is 17.2 Å². The van der Waals surface area contributed by atoms with Gasteiger partial charge in [-0.25, -0.2) is 12.8 Å². The maximum atomic E-state index is 14.0. The summed E-state index contributed by atoms with van der Waals surface area (Å²) in [6.07, 6.45) is 1.03. The lowest BCUT2D eigenvalue weighted by molar-refractivity contribution is -0.140. The van der Waals surface area contributed by atoms with E-state index in [2.05, 4.69) is 5.32 Å². The normalized spacial score (nSPS) is 11.9. The molecule has 0 radical (unpaired) electrons. The Morgan fingerprint density at radius 2 is 1.59 bits per heavy atom. The minimum absolute atomic E-state index is 0.0573. The molecule has 11 heteroatoms. The van der Waals surface area contributed by atoms with Crippen LogP contribution in [0.1, 0.15) is 39.2 Å². The summed E-state index contributed by atoms with van der Waals surface area (Å²) in [5.74, 6) is -0.973. The second kappa shape index (κ2) is 14.8. The van der Waals surface area contributed by atoms with Crippen LogP contribution in [0.15, 0.2) is 77.7 Å². The molecule has 220 valence electrons. The quantitative estimate of drug-likeness (QED) is 0.266. The first-order chi connectivity index (χ1) is 19.6. The Morgan fingerprint density at radius 1 is 0.951 bits per heavy atom. The minimum Gasteiger partial charge on any atom is -0.494 e. The predicted octanol–water partition coefficient (Wildman–Crippen LogP) is 5.41. The van der Waals surface area contributed by atoms with Crippen LogP contribution in [0.5, 0.6) is 5.75 Å². The maximum Gasteiger partial charge on any atom is 0.264 e. The molecule has 8 nitrogen and oxygen atoms in total. The van der Waals surface area contributed by atoms with Crippen molar-refractivity contribution in [1.82, 2.24) is 10.2 Å². The van der Waals surface area contributed by atoms with Crippen molar-refractivity contribution in [3.05, 3.63) is 89.2 Å². The number of benzene rings is 3. The summed E-state index contributed by atoms with van der Waals surface area (Å²) in [5.41, 5.74) is 0.930. The molecular weight excluding hydrogens is 569 g/mol. The van der Waals surface area contributed by atoms with Crippen LogP contribution in [0.25, 0.3) is 0 Å². The fraction of sp³-hybridized carbons (Fsp3) is 0.333. The molecule has 3 aromatic rings. The average molecular weight is 604 g/mol. The minimum atomic E-state index is -4.31. The fourth-order valence-corrected chi connectivity index (χ4v) is 5.75. The molecule has 0 saturated heterocycles. The van der Waals surface area contributed by atoms with E-state index in [-0.39, 0.29) is 23.0 Å². The molecule has 3 rings (SSSR count). The molecule has 3 aromatic carbocycles. The van der Waals surface area contributed by atoms with Crippen molar-refractivity contribution in [2.24, 2.45) is 0 Å². The highest BCUT2D eigenvalue weighted by atomic mass is 35.5. The monoisotopic (exact) mass is 603 g/mol. The van der Waals surface area contributed by atoms with Gasteiger partial charge < -0.3 is 15.0 Å².